The molecule has 0 aromatic rings. The Hall–Kier alpha value is -4.45. The van der Waals surface area contributed by atoms with Crippen molar-refractivity contribution in [1.29, 1.82) is 0 Å². The molecule has 0 fully saturated rings. The molecule has 0 aromatic heterocycles. The van der Waals surface area contributed by atoms with Gasteiger partial charge in [0.2, 0.25) is 0 Å². The van der Waals surface area contributed by atoms with Crippen molar-refractivity contribution >= 4 is 17.9 Å². The molecule has 0 saturated heterocycles. The van der Waals surface area contributed by atoms with E-state index < -0.39 is 6.10 Å². The third-order valence-corrected chi connectivity index (χ3v) is 13.4. The molecule has 0 saturated carbocycles. The normalized spacial score (nSPS) is 13.0. The lowest BCUT2D eigenvalue weighted by molar-refractivity contribution is -0.167. The maximum atomic E-state index is 12.9. The maximum absolute atomic E-state index is 12.9. The van der Waals surface area contributed by atoms with E-state index >= 15 is 0 Å². The number of esters is 3. The molecule has 0 heterocycles. The number of hydrogen-bond acceptors (Lipinski definition) is 6. The average Bonchev–Trinajstić information content (AvgIpc) is 3.44. The summed E-state index contributed by atoms with van der Waals surface area (Å²) in [5.41, 5.74) is 0. The summed E-state index contributed by atoms with van der Waals surface area (Å²) in [5, 5.41) is 0. The Morgan fingerprint density at radius 1 is 0.269 bits per heavy atom. The van der Waals surface area contributed by atoms with Crippen LogP contribution in [0.4, 0.5) is 0 Å². The van der Waals surface area contributed by atoms with Crippen LogP contribution >= 0.6 is 0 Å². The van der Waals surface area contributed by atoms with Crippen molar-refractivity contribution in [2.75, 3.05) is 13.2 Å². The van der Waals surface area contributed by atoms with Gasteiger partial charge in [-0.1, -0.05) is 283 Å². The first-order chi connectivity index (χ1) is 38.5. The molecule has 0 aliphatic heterocycles. The summed E-state index contributed by atoms with van der Waals surface area (Å²) in [7, 11) is 0. The zero-order chi connectivity index (χ0) is 56.4. The lowest BCUT2D eigenvalue weighted by Gasteiger charge is -2.18. The third-order valence-electron chi connectivity index (χ3n) is 13.4. The molecule has 1 atom stereocenters. The molecular formula is C72H118O6. The number of hydrogen-bond donors (Lipinski definition) is 0. The second-order valence-corrected chi connectivity index (χ2v) is 20.9. The highest BCUT2D eigenvalue weighted by molar-refractivity contribution is 5.71. The summed E-state index contributed by atoms with van der Waals surface area (Å²) in [4.78, 5) is 38.3. The first-order valence-electron chi connectivity index (χ1n) is 32.2. The lowest BCUT2D eigenvalue weighted by atomic mass is 10.0. The van der Waals surface area contributed by atoms with Gasteiger partial charge in [-0.05, 0) is 116 Å². The smallest absolute Gasteiger partial charge is 0.306 e. The average molecular weight is 1080 g/mol. The van der Waals surface area contributed by atoms with Gasteiger partial charge in [-0.2, -0.15) is 0 Å². The van der Waals surface area contributed by atoms with Crippen LogP contribution in [0.5, 0.6) is 0 Å². The molecular weight excluding hydrogens is 961 g/mol. The predicted octanol–water partition coefficient (Wildman–Crippen LogP) is 22.2. The van der Waals surface area contributed by atoms with E-state index in [-0.39, 0.29) is 31.1 Å². The van der Waals surface area contributed by atoms with Crippen molar-refractivity contribution in [3.8, 4) is 0 Å². The van der Waals surface area contributed by atoms with E-state index in [2.05, 4.69) is 154 Å². The zero-order valence-electron chi connectivity index (χ0n) is 50.6. The molecule has 0 aliphatic carbocycles. The Labute approximate surface area is 481 Å². The van der Waals surface area contributed by atoms with Gasteiger partial charge in [0, 0.05) is 19.3 Å². The fraction of sp³-hybridized carbons (Fsp3) is 0.653. The molecule has 0 radical (unpaired) electrons. The molecule has 0 rings (SSSR count). The van der Waals surface area contributed by atoms with E-state index in [0.29, 0.717) is 19.3 Å². The molecule has 442 valence electrons. The fourth-order valence-corrected chi connectivity index (χ4v) is 8.65. The maximum Gasteiger partial charge on any atom is 0.306 e. The first kappa shape index (κ1) is 73.5. The summed E-state index contributed by atoms with van der Waals surface area (Å²) < 4.78 is 16.9. The van der Waals surface area contributed by atoms with Gasteiger partial charge in [-0.3, -0.25) is 14.4 Å². The van der Waals surface area contributed by atoms with Crippen LogP contribution in [-0.2, 0) is 28.6 Å². The zero-order valence-corrected chi connectivity index (χ0v) is 50.6. The summed E-state index contributed by atoms with van der Waals surface area (Å²) in [5.74, 6) is -0.922. The summed E-state index contributed by atoms with van der Waals surface area (Å²) >= 11 is 0. The number of carbonyl (C=O) groups excluding carboxylic acids is 3. The Balaban J connectivity index is 4.44. The van der Waals surface area contributed by atoms with Gasteiger partial charge in [-0.25, -0.2) is 0 Å². The van der Waals surface area contributed by atoms with Crippen molar-refractivity contribution in [2.45, 2.75) is 290 Å². The van der Waals surface area contributed by atoms with E-state index in [9.17, 15) is 14.4 Å². The minimum Gasteiger partial charge on any atom is -0.462 e. The van der Waals surface area contributed by atoms with Gasteiger partial charge in [0.15, 0.2) is 6.10 Å². The molecule has 1 unspecified atom stereocenters. The van der Waals surface area contributed by atoms with Crippen molar-refractivity contribution in [2.24, 2.45) is 0 Å². The van der Waals surface area contributed by atoms with Gasteiger partial charge in [0.1, 0.15) is 13.2 Å². The Morgan fingerprint density at radius 3 is 0.782 bits per heavy atom. The van der Waals surface area contributed by atoms with Crippen LogP contribution in [0.2, 0.25) is 0 Å². The third kappa shape index (κ3) is 62.4. The highest BCUT2D eigenvalue weighted by Crippen LogP contribution is 2.15. The predicted molar refractivity (Wildman–Crippen MR) is 339 cm³/mol. The second-order valence-electron chi connectivity index (χ2n) is 20.9. The molecule has 6 heteroatoms. The van der Waals surface area contributed by atoms with Crippen LogP contribution in [0.1, 0.15) is 284 Å². The van der Waals surface area contributed by atoms with E-state index in [0.717, 1.165) is 161 Å². The minimum atomic E-state index is -0.800. The number of rotatable bonds is 57. The Kier molecular flexibility index (Phi) is 61.4. The SMILES string of the molecule is CC/C=C\C/C=C\C/C=C\C/C=C\C/C=C\C/C=C\CCCCCCCCC(=O)OCC(COC(=O)CCCCCCCCCCCCCCCC)OC(=O)CCCCCCC/C=C\C/C=C\C/C=C\C/C=C\C/C=C\CC. The lowest BCUT2D eigenvalue weighted by Crippen LogP contribution is -2.30. The number of ether oxygens (including phenoxy) is 3. The molecule has 78 heavy (non-hydrogen) atoms. The number of unbranched alkanes of at least 4 members (excludes halogenated alkanes) is 24. The first-order valence-corrected chi connectivity index (χ1v) is 32.2. The van der Waals surface area contributed by atoms with Gasteiger partial charge in [-0.15, -0.1) is 0 Å². The van der Waals surface area contributed by atoms with Crippen molar-refractivity contribution in [3.05, 3.63) is 134 Å². The van der Waals surface area contributed by atoms with Crippen LogP contribution in [-0.4, -0.2) is 37.2 Å². The van der Waals surface area contributed by atoms with E-state index in [1.54, 1.807) is 0 Å². The highest BCUT2D eigenvalue weighted by atomic mass is 16.6. The van der Waals surface area contributed by atoms with Crippen LogP contribution in [0, 0.1) is 0 Å². The molecule has 0 spiro atoms. The quantitative estimate of drug-likeness (QED) is 0.0261. The molecule has 0 amide bonds. The molecule has 0 aromatic carbocycles. The van der Waals surface area contributed by atoms with E-state index in [1.165, 1.54) is 83.5 Å². The Morgan fingerprint density at radius 2 is 0.500 bits per heavy atom. The molecule has 0 aliphatic rings. The summed E-state index contributed by atoms with van der Waals surface area (Å²) in [6.45, 7) is 6.40. The van der Waals surface area contributed by atoms with Gasteiger partial charge >= 0.3 is 17.9 Å². The summed E-state index contributed by atoms with van der Waals surface area (Å²) in [6, 6.07) is 0. The fourth-order valence-electron chi connectivity index (χ4n) is 8.65. The van der Waals surface area contributed by atoms with Crippen molar-refractivity contribution in [3.63, 3.8) is 0 Å². The highest BCUT2D eigenvalue weighted by Gasteiger charge is 2.19. The molecule has 0 N–H and O–H groups in total. The molecule has 6 nitrogen and oxygen atoms in total. The minimum absolute atomic E-state index is 0.0924. The largest absolute Gasteiger partial charge is 0.462 e. The summed E-state index contributed by atoms with van der Waals surface area (Å²) in [6.07, 6.45) is 91.6. The van der Waals surface area contributed by atoms with Crippen molar-refractivity contribution in [1.82, 2.24) is 0 Å². The molecule has 0 bridgehead atoms. The topological polar surface area (TPSA) is 78.9 Å². The second kappa shape index (κ2) is 65.1. The number of allylic oxidation sites excluding steroid dienone is 22. The van der Waals surface area contributed by atoms with E-state index in [4.69, 9.17) is 14.2 Å². The van der Waals surface area contributed by atoms with Gasteiger partial charge in [0.05, 0.1) is 0 Å². The van der Waals surface area contributed by atoms with Crippen LogP contribution < -0.4 is 0 Å². The van der Waals surface area contributed by atoms with Crippen LogP contribution in [0.15, 0.2) is 134 Å². The van der Waals surface area contributed by atoms with E-state index in [1.807, 2.05) is 0 Å². The van der Waals surface area contributed by atoms with Gasteiger partial charge in [0.25, 0.3) is 0 Å². The van der Waals surface area contributed by atoms with Gasteiger partial charge < -0.3 is 14.2 Å². The Bertz CT molecular complexity index is 1670. The number of carbonyl (C=O) groups is 3. The monoisotopic (exact) mass is 1080 g/mol. The van der Waals surface area contributed by atoms with Crippen LogP contribution in [0.25, 0.3) is 0 Å². The standard InChI is InChI=1S/C72H118O6/c1-4-7-10-13-16-19-22-25-28-30-32-34-35-36-37-39-40-42-44-47-50-53-56-59-62-65-71(74)77-68-69(67-76-70(73)64-61-58-55-52-49-46-27-24-21-18-15-12-9-6-3)78-72(75)66-63-60-57-54-51-48-45-43-41-38-33-31-29-26-23-20-17-14-11-8-5-2/h7-8,10-11,16-17,19-20,25-26,28-29,32-34,36-38,40,42-43,45,69H,4-6,9,12-15,18,21-24,27,30-31,35,39,41,44,46-68H2,1-3H3/b10-7-,11-8-,19-16-,20-17-,28-25-,29-26-,34-32-,37-36-,38-33-,42-40-,45-43-. The van der Waals surface area contributed by atoms with Crippen LogP contribution in [0.3, 0.4) is 0 Å². The van der Waals surface area contributed by atoms with Crippen molar-refractivity contribution < 1.29 is 28.6 Å².